The molecule has 2 aromatic rings. The minimum Gasteiger partial charge on any atom is -0.378 e. The maximum atomic E-state index is 12.6. The zero-order valence-electron chi connectivity index (χ0n) is 15.9. The van der Waals surface area contributed by atoms with Gasteiger partial charge in [0, 0.05) is 25.3 Å². The van der Waals surface area contributed by atoms with E-state index in [2.05, 4.69) is 9.97 Å². The number of aryl methyl sites for hydroxylation is 1. The van der Waals surface area contributed by atoms with Crippen LogP contribution in [0.2, 0.25) is 0 Å². The van der Waals surface area contributed by atoms with Crippen molar-refractivity contribution in [3.63, 3.8) is 0 Å². The van der Waals surface area contributed by atoms with Crippen molar-refractivity contribution in [3.05, 3.63) is 26.7 Å². The van der Waals surface area contributed by atoms with E-state index in [0.717, 1.165) is 4.57 Å². The molecular formula is C17H26N4O3S. The van der Waals surface area contributed by atoms with Crippen LogP contribution in [0.4, 0.5) is 0 Å². The van der Waals surface area contributed by atoms with Crippen molar-refractivity contribution in [1.82, 2.24) is 19.1 Å². The molecule has 7 nitrogen and oxygen atoms in total. The zero-order chi connectivity index (χ0) is 18.9. The maximum Gasteiger partial charge on any atom is 0.332 e. The molecule has 25 heavy (non-hydrogen) atoms. The van der Waals surface area contributed by atoms with Crippen LogP contribution in [0, 0.1) is 0 Å². The number of thioether (sulfide) groups is 1. The lowest BCUT2D eigenvalue weighted by atomic mass is 9.96. The van der Waals surface area contributed by atoms with Gasteiger partial charge < -0.3 is 4.74 Å². The fourth-order valence-electron chi connectivity index (χ4n) is 2.29. The molecule has 2 heterocycles. The molecule has 0 aromatic carbocycles. The van der Waals surface area contributed by atoms with E-state index < -0.39 is 5.69 Å². The van der Waals surface area contributed by atoms with Gasteiger partial charge in [0.05, 0.1) is 12.7 Å². The Hall–Kier alpha value is -1.67. The molecule has 0 N–H and O–H groups in total. The molecule has 0 saturated heterocycles. The lowest BCUT2D eigenvalue weighted by Crippen LogP contribution is -2.38. The molecule has 0 bridgehead atoms. The molecule has 0 saturated carbocycles. The van der Waals surface area contributed by atoms with E-state index in [0.29, 0.717) is 34.2 Å². The van der Waals surface area contributed by atoms with Crippen molar-refractivity contribution in [2.75, 3.05) is 12.4 Å². The highest BCUT2D eigenvalue weighted by Crippen LogP contribution is 2.26. The van der Waals surface area contributed by atoms with Gasteiger partial charge >= 0.3 is 5.69 Å². The van der Waals surface area contributed by atoms with E-state index in [1.807, 2.05) is 34.6 Å². The van der Waals surface area contributed by atoms with Crippen molar-refractivity contribution in [1.29, 1.82) is 0 Å². The summed E-state index contributed by atoms with van der Waals surface area (Å²) in [6.45, 7) is 10.5. The second-order valence-corrected chi connectivity index (χ2v) is 8.36. The molecule has 0 aliphatic rings. The Morgan fingerprint density at radius 3 is 2.32 bits per heavy atom. The first-order chi connectivity index (χ1) is 11.5. The number of nitrogens with zero attached hydrogens (tertiary/aromatic N) is 4. The number of fused-ring (bicyclic) bond motifs is 1. The van der Waals surface area contributed by atoms with Gasteiger partial charge in [-0.1, -0.05) is 20.8 Å². The Morgan fingerprint density at radius 2 is 1.76 bits per heavy atom. The molecule has 0 radical (unpaired) electrons. The van der Waals surface area contributed by atoms with Crippen LogP contribution in [-0.4, -0.2) is 37.6 Å². The highest BCUT2D eigenvalue weighted by molar-refractivity contribution is 7.99. The standard InChI is InChI=1S/C17H26N4O3S/c1-10(2)24-8-9-25-13-11-12(18-15(19-13)17(3,4)5)20(6)16(23)21(7)14(11)22/h10H,8-9H2,1-7H3. The molecule has 0 aliphatic carbocycles. The van der Waals surface area contributed by atoms with Crippen LogP contribution in [-0.2, 0) is 24.2 Å². The van der Waals surface area contributed by atoms with E-state index in [-0.39, 0.29) is 17.1 Å². The Balaban J connectivity index is 2.64. The molecule has 0 fully saturated rings. The summed E-state index contributed by atoms with van der Waals surface area (Å²) in [4.78, 5) is 34.0. The quantitative estimate of drug-likeness (QED) is 0.456. The number of aromatic nitrogens is 4. The molecule has 0 aliphatic heterocycles. The van der Waals surface area contributed by atoms with Gasteiger partial charge in [-0.15, -0.1) is 11.8 Å². The van der Waals surface area contributed by atoms with Gasteiger partial charge in [-0.25, -0.2) is 14.8 Å². The first-order valence-corrected chi connectivity index (χ1v) is 9.25. The fourth-order valence-corrected chi connectivity index (χ4v) is 3.14. The summed E-state index contributed by atoms with van der Waals surface area (Å²) < 4.78 is 8.07. The zero-order valence-corrected chi connectivity index (χ0v) is 16.7. The maximum absolute atomic E-state index is 12.6. The summed E-state index contributed by atoms with van der Waals surface area (Å²) in [5, 5.41) is 0.977. The van der Waals surface area contributed by atoms with Crippen molar-refractivity contribution in [2.45, 2.75) is 51.2 Å². The third-order valence-electron chi connectivity index (χ3n) is 3.71. The Morgan fingerprint density at radius 1 is 1.12 bits per heavy atom. The van der Waals surface area contributed by atoms with Crippen LogP contribution in [0.15, 0.2) is 14.6 Å². The molecular weight excluding hydrogens is 340 g/mol. The minimum atomic E-state index is -0.393. The van der Waals surface area contributed by atoms with Gasteiger partial charge in [0.15, 0.2) is 5.65 Å². The number of hydrogen-bond acceptors (Lipinski definition) is 6. The Kier molecular flexibility index (Phi) is 5.73. The predicted molar refractivity (Wildman–Crippen MR) is 101 cm³/mol. The fraction of sp³-hybridized carbons (Fsp3) is 0.647. The number of rotatable bonds is 5. The van der Waals surface area contributed by atoms with E-state index in [9.17, 15) is 9.59 Å². The normalized spacial score (nSPS) is 12.3. The number of ether oxygens (including phenoxy) is 1. The number of hydrogen-bond donors (Lipinski definition) is 0. The predicted octanol–water partition coefficient (Wildman–Crippen LogP) is 1.84. The lowest BCUT2D eigenvalue weighted by molar-refractivity contribution is 0.0920. The minimum absolute atomic E-state index is 0.154. The van der Waals surface area contributed by atoms with Gasteiger partial charge in [-0.05, 0) is 13.8 Å². The van der Waals surface area contributed by atoms with Crippen molar-refractivity contribution in [3.8, 4) is 0 Å². The SMILES string of the molecule is CC(C)OCCSc1nc(C(C)(C)C)nc2c1c(=O)n(C)c(=O)n2C. The van der Waals surface area contributed by atoms with E-state index in [1.165, 1.54) is 23.4 Å². The topological polar surface area (TPSA) is 79.0 Å². The molecule has 0 amide bonds. The van der Waals surface area contributed by atoms with Crippen LogP contribution >= 0.6 is 11.8 Å². The largest absolute Gasteiger partial charge is 0.378 e. The summed E-state index contributed by atoms with van der Waals surface area (Å²) in [5.41, 5.74) is -0.684. The summed E-state index contributed by atoms with van der Waals surface area (Å²) in [6.07, 6.45) is 0.154. The van der Waals surface area contributed by atoms with Crippen molar-refractivity contribution < 1.29 is 4.74 Å². The molecule has 2 aromatic heterocycles. The molecule has 0 spiro atoms. The summed E-state index contributed by atoms with van der Waals surface area (Å²) >= 11 is 1.45. The first kappa shape index (κ1) is 19.7. The van der Waals surface area contributed by atoms with E-state index in [4.69, 9.17) is 4.74 Å². The van der Waals surface area contributed by atoms with Crippen LogP contribution < -0.4 is 11.2 Å². The van der Waals surface area contributed by atoms with Gasteiger partial charge in [-0.2, -0.15) is 0 Å². The highest BCUT2D eigenvalue weighted by atomic mass is 32.2. The van der Waals surface area contributed by atoms with Crippen LogP contribution in [0.1, 0.15) is 40.4 Å². The third kappa shape index (κ3) is 4.12. The average molecular weight is 366 g/mol. The van der Waals surface area contributed by atoms with Gasteiger partial charge in [0.2, 0.25) is 0 Å². The Labute approximate surface area is 151 Å². The first-order valence-electron chi connectivity index (χ1n) is 8.26. The summed E-state index contributed by atoms with van der Waals surface area (Å²) in [5.74, 6) is 1.27. The van der Waals surface area contributed by atoms with E-state index >= 15 is 0 Å². The summed E-state index contributed by atoms with van der Waals surface area (Å²) in [7, 11) is 3.10. The second kappa shape index (κ2) is 7.29. The van der Waals surface area contributed by atoms with Crippen LogP contribution in [0.3, 0.4) is 0 Å². The van der Waals surface area contributed by atoms with Crippen molar-refractivity contribution >= 4 is 22.8 Å². The molecule has 8 heteroatoms. The Bertz CT molecular complexity index is 894. The smallest absolute Gasteiger partial charge is 0.332 e. The molecule has 0 atom stereocenters. The van der Waals surface area contributed by atoms with Gasteiger partial charge in [0.25, 0.3) is 5.56 Å². The van der Waals surface area contributed by atoms with Gasteiger partial charge in [0.1, 0.15) is 16.2 Å². The molecule has 2 rings (SSSR count). The second-order valence-electron chi connectivity index (χ2n) is 7.27. The van der Waals surface area contributed by atoms with Crippen LogP contribution in [0.25, 0.3) is 11.0 Å². The summed E-state index contributed by atoms with van der Waals surface area (Å²) in [6, 6.07) is 0. The highest BCUT2D eigenvalue weighted by Gasteiger charge is 2.23. The van der Waals surface area contributed by atoms with E-state index in [1.54, 1.807) is 7.05 Å². The van der Waals surface area contributed by atoms with Gasteiger partial charge in [-0.3, -0.25) is 13.9 Å². The lowest BCUT2D eigenvalue weighted by Gasteiger charge is -2.19. The molecule has 138 valence electrons. The average Bonchev–Trinajstić information content (AvgIpc) is 2.53. The molecule has 0 unspecified atom stereocenters. The van der Waals surface area contributed by atoms with Crippen LogP contribution in [0.5, 0.6) is 0 Å². The monoisotopic (exact) mass is 366 g/mol. The van der Waals surface area contributed by atoms with Crippen molar-refractivity contribution in [2.24, 2.45) is 14.1 Å². The third-order valence-corrected chi connectivity index (χ3v) is 4.65.